The number of aliphatic carboxylic acids is 2. The summed E-state index contributed by atoms with van der Waals surface area (Å²) in [6.45, 7) is 0. The molecule has 0 aliphatic rings. The van der Waals surface area contributed by atoms with Crippen LogP contribution in [0.2, 0.25) is 0 Å². The molecule has 0 bridgehead atoms. The third-order valence-electron chi connectivity index (χ3n) is 1.63. The molecule has 0 heterocycles. The number of rotatable bonds is 3. The maximum absolute atomic E-state index is 10.6. The standard InChI is InChI=1S/C9H8O4.Li.Na.2H/c10-8(11)7(9(12)13)6-4-2-1-3-5-6;;;;/h1-5,7H,(H,10,11)(H,12,13);;;;. The van der Waals surface area contributed by atoms with Gasteiger partial charge < -0.3 is 10.2 Å². The van der Waals surface area contributed by atoms with Gasteiger partial charge in [-0.15, -0.1) is 0 Å². The third-order valence-corrected chi connectivity index (χ3v) is 1.63. The number of hydrogen-bond donors (Lipinski definition) is 2. The SMILES string of the molecule is O=C(O)C(C(=O)O)c1ccccc1.[LiH].[NaH]. The molecule has 1 rings (SSSR count). The summed E-state index contributed by atoms with van der Waals surface area (Å²) in [6.07, 6.45) is 0. The van der Waals surface area contributed by atoms with Gasteiger partial charge in [0.1, 0.15) is 0 Å². The van der Waals surface area contributed by atoms with E-state index in [2.05, 4.69) is 0 Å². The van der Waals surface area contributed by atoms with Crippen molar-refractivity contribution in [3.05, 3.63) is 35.9 Å². The molecule has 0 spiro atoms. The summed E-state index contributed by atoms with van der Waals surface area (Å²) >= 11 is 0. The number of carboxylic acid groups (broad SMARTS) is 2. The van der Waals surface area contributed by atoms with Gasteiger partial charge >= 0.3 is 60.4 Å². The second kappa shape index (κ2) is 7.97. The van der Waals surface area contributed by atoms with Crippen molar-refractivity contribution in [1.29, 1.82) is 0 Å². The molecule has 6 heteroatoms. The second-order valence-electron chi connectivity index (χ2n) is 2.52. The Morgan fingerprint density at radius 1 is 1.00 bits per heavy atom. The van der Waals surface area contributed by atoms with Crippen LogP contribution in [0.5, 0.6) is 0 Å². The molecule has 1 aromatic rings. The summed E-state index contributed by atoms with van der Waals surface area (Å²) in [5.74, 6) is -4.17. The predicted octanol–water partition coefficient (Wildman–Crippen LogP) is -0.358. The molecular formula is C9H10LiNaO4. The van der Waals surface area contributed by atoms with Crippen molar-refractivity contribution in [2.24, 2.45) is 0 Å². The van der Waals surface area contributed by atoms with E-state index in [-0.39, 0.29) is 54.0 Å². The third kappa shape index (κ3) is 4.87. The Morgan fingerprint density at radius 2 is 1.40 bits per heavy atom. The second-order valence-corrected chi connectivity index (χ2v) is 2.52. The fraction of sp³-hybridized carbons (Fsp3) is 0.111. The Balaban J connectivity index is 0. The fourth-order valence-electron chi connectivity index (χ4n) is 1.04. The minimum atomic E-state index is -1.47. The molecule has 0 atom stereocenters. The van der Waals surface area contributed by atoms with Gasteiger partial charge in [0.05, 0.1) is 0 Å². The molecule has 2 N–H and O–H groups in total. The van der Waals surface area contributed by atoms with E-state index in [9.17, 15) is 9.59 Å². The first-order chi connectivity index (χ1) is 6.13. The van der Waals surface area contributed by atoms with E-state index in [1.165, 1.54) is 12.1 Å². The minimum absolute atomic E-state index is 0. The van der Waals surface area contributed by atoms with Gasteiger partial charge in [0, 0.05) is 0 Å². The van der Waals surface area contributed by atoms with E-state index in [1.54, 1.807) is 18.2 Å². The predicted molar refractivity (Wildman–Crippen MR) is 58.8 cm³/mol. The van der Waals surface area contributed by atoms with Crippen LogP contribution in [0.1, 0.15) is 11.5 Å². The number of carboxylic acids is 2. The first-order valence-corrected chi connectivity index (χ1v) is 3.63. The summed E-state index contributed by atoms with van der Waals surface area (Å²) in [6, 6.07) is 7.87. The number of benzene rings is 1. The van der Waals surface area contributed by atoms with Gasteiger partial charge in [-0.1, -0.05) is 30.3 Å². The molecule has 4 nitrogen and oxygen atoms in total. The van der Waals surface area contributed by atoms with Crippen molar-refractivity contribution in [1.82, 2.24) is 0 Å². The zero-order valence-corrected chi connectivity index (χ0v) is 6.68. The van der Waals surface area contributed by atoms with Gasteiger partial charge in [-0.3, -0.25) is 9.59 Å². The van der Waals surface area contributed by atoms with Crippen molar-refractivity contribution < 1.29 is 19.8 Å². The van der Waals surface area contributed by atoms with Crippen molar-refractivity contribution >= 4 is 60.4 Å². The van der Waals surface area contributed by atoms with Crippen LogP contribution in [-0.4, -0.2) is 70.6 Å². The zero-order chi connectivity index (χ0) is 9.84. The van der Waals surface area contributed by atoms with Gasteiger partial charge in [0.2, 0.25) is 0 Å². The summed E-state index contributed by atoms with van der Waals surface area (Å²) in [4.78, 5) is 21.1. The molecule has 0 radical (unpaired) electrons. The van der Waals surface area contributed by atoms with E-state index in [1.807, 2.05) is 0 Å². The molecule has 0 fully saturated rings. The summed E-state index contributed by atoms with van der Waals surface area (Å²) < 4.78 is 0. The summed E-state index contributed by atoms with van der Waals surface area (Å²) in [5, 5.41) is 17.2. The molecule has 0 amide bonds. The summed E-state index contributed by atoms with van der Waals surface area (Å²) in [5.41, 5.74) is 0.280. The van der Waals surface area contributed by atoms with Crippen molar-refractivity contribution in [2.45, 2.75) is 5.92 Å². The first kappa shape index (κ1) is 17.2. The first-order valence-electron chi connectivity index (χ1n) is 3.63. The van der Waals surface area contributed by atoms with Crippen LogP contribution in [0.15, 0.2) is 30.3 Å². The molecule has 72 valence electrons. The van der Waals surface area contributed by atoms with Crippen LogP contribution in [0.4, 0.5) is 0 Å². The molecular weight excluding hydrogens is 202 g/mol. The van der Waals surface area contributed by atoms with Crippen LogP contribution in [0, 0.1) is 0 Å². The average Bonchev–Trinajstić information content (AvgIpc) is 2.04. The molecule has 15 heavy (non-hydrogen) atoms. The van der Waals surface area contributed by atoms with E-state index in [0.717, 1.165) is 0 Å². The normalized spacial score (nSPS) is 8.60. The Hall–Kier alpha value is -0.243. The van der Waals surface area contributed by atoms with Gasteiger partial charge in [-0.05, 0) is 5.56 Å². The van der Waals surface area contributed by atoms with Gasteiger partial charge in [-0.25, -0.2) is 0 Å². The van der Waals surface area contributed by atoms with Crippen molar-refractivity contribution in [2.75, 3.05) is 0 Å². The van der Waals surface area contributed by atoms with Gasteiger partial charge in [0.25, 0.3) is 0 Å². The monoisotopic (exact) mass is 212 g/mol. The van der Waals surface area contributed by atoms with E-state index < -0.39 is 17.9 Å². The average molecular weight is 212 g/mol. The number of carbonyl (C=O) groups is 2. The van der Waals surface area contributed by atoms with E-state index in [4.69, 9.17) is 10.2 Å². The molecule has 0 unspecified atom stereocenters. The van der Waals surface area contributed by atoms with E-state index in [0.29, 0.717) is 0 Å². The van der Waals surface area contributed by atoms with Gasteiger partial charge in [0.15, 0.2) is 5.92 Å². The summed E-state index contributed by atoms with van der Waals surface area (Å²) in [7, 11) is 0. The van der Waals surface area contributed by atoms with Crippen molar-refractivity contribution in [3.63, 3.8) is 0 Å². The Kier molecular flexibility index (Phi) is 9.12. The maximum atomic E-state index is 10.6. The number of hydrogen-bond acceptors (Lipinski definition) is 2. The Labute approximate surface area is 121 Å². The molecule has 0 saturated carbocycles. The molecule has 0 aliphatic carbocycles. The van der Waals surface area contributed by atoms with Crippen molar-refractivity contribution in [3.8, 4) is 0 Å². The Bertz CT molecular complexity index is 314. The molecule has 0 saturated heterocycles. The molecule has 1 aromatic carbocycles. The Morgan fingerprint density at radius 3 is 1.73 bits per heavy atom. The van der Waals surface area contributed by atoms with Gasteiger partial charge in [-0.2, -0.15) is 0 Å². The van der Waals surface area contributed by atoms with Crippen LogP contribution >= 0.6 is 0 Å². The topological polar surface area (TPSA) is 74.6 Å². The van der Waals surface area contributed by atoms with E-state index >= 15 is 0 Å². The quantitative estimate of drug-likeness (QED) is 0.530. The van der Waals surface area contributed by atoms with Crippen LogP contribution in [0.25, 0.3) is 0 Å². The van der Waals surface area contributed by atoms with Crippen LogP contribution in [0.3, 0.4) is 0 Å². The van der Waals surface area contributed by atoms with Crippen LogP contribution in [-0.2, 0) is 9.59 Å². The fourth-order valence-corrected chi connectivity index (χ4v) is 1.04. The molecule has 0 aromatic heterocycles. The van der Waals surface area contributed by atoms with Crippen LogP contribution < -0.4 is 0 Å². The molecule has 0 aliphatic heterocycles. The zero-order valence-electron chi connectivity index (χ0n) is 6.68.